The van der Waals surface area contributed by atoms with Crippen molar-refractivity contribution in [2.45, 2.75) is 13.3 Å². The predicted molar refractivity (Wildman–Crippen MR) is 99.4 cm³/mol. The lowest BCUT2D eigenvalue weighted by Crippen LogP contribution is -2.20. The van der Waals surface area contributed by atoms with Crippen molar-refractivity contribution in [2.24, 2.45) is 0 Å². The van der Waals surface area contributed by atoms with E-state index in [2.05, 4.69) is 10.1 Å². The highest BCUT2D eigenvalue weighted by atomic mass is 19.4. The summed E-state index contributed by atoms with van der Waals surface area (Å²) >= 11 is 0. The van der Waals surface area contributed by atoms with Crippen LogP contribution in [0.1, 0.15) is 12.5 Å². The summed E-state index contributed by atoms with van der Waals surface area (Å²) in [5, 5.41) is 2.39. The van der Waals surface area contributed by atoms with Gasteiger partial charge >= 0.3 is 12.3 Å². The van der Waals surface area contributed by atoms with Crippen molar-refractivity contribution >= 4 is 23.6 Å². The average Bonchev–Trinajstić information content (AvgIpc) is 2.66. The zero-order chi connectivity index (χ0) is 21.3. The van der Waals surface area contributed by atoms with Gasteiger partial charge in [-0.15, -0.1) is 13.2 Å². The Bertz CT molecular complexity index is 863. The van der Waals surface area contributed by atoms with Crippen LogP contribution in [0.4, 0.5) is 18.9 Å². The summed E-state index contributed by atoms with van der Waals surface area (Å²) in [6, 6.07) is 11.7. The van der Waals surface area contributed by atoms with Gasteiger partial charge in [0.15, 0.2) is 6.61 Å². The molecule has 0 spiro atoms. The number of esters is 1. The molecule has 1 amide bonds. The highest BCUT2D eigenvalue weighted by Crippen LogP contribution is 2.24. The second-order valence-electron chi connectivity index (χ2n) is 5.53. The van der Waals surface area contributed by atoms with Crippen molar-refractivity contribution in [1.29, 1.82) is 0 Å². The Kier molecular flexibility index (Phi) is 7.64. The molecule has 6 nitrogen and oxygen atoms in total. The van der Waals surface area contributed by atoms with Crippen LogP contribution >= 0.6 is 0 Å². The Hall–Kier alpha value is -3.49. The second-order valence-corrected chi connectivity index (χ2v) is 5.53. The third-order valence-corrected chi connectivity index (χ3v) is 3.34. The number of nitrogens with one attached hydrogen (secondary N) is 1. The summed E-state index contributed by atoms with van der Waals surface area (Å²) in [6.07, 6.45) is -2.13. The molecule has 2 rings (SSSR count). The highest BCUT2D eigenvalue weighted by molar-refractivity contribution is 5.94. The van der Waals surface area contributed by atoms with Crippen LogP contribution in [0.15, 0.2) is 54.6 Å². The first-order chi connectivity index (χ1) is 13.8. The van der Waals surface area contributed by atoms with Crippen LogP contribution in [0.3, 0.4) is 0 Å². The maximum Gasteiger partial charge on any atom is 0.573 e. The number of carbonyl (C=O) groups excluding carboxylic acids is 2. The number of halogens is 3. The minimum absolute atomic E-state index is 0.224. The number of hydrogen-bond acceptors (Lipinski definition) is 5. The Morgan fingerprint density at radius 2 is 1.76 bits per heavy atom. The first-order valence-corrected chi connectivity index (χ1v) is 8.49. The molecule has 2 aromatic carbocycles. The number of rotatable bonds is 8. The normalized spacial score (nSPS) is 11.2. The average molecular weight is 409 g/mol. The Balaban J connectivity index is 1.82. The molecule has 0 saturated carbocycles. The molecule has 154 valence electrons. The Morgan fingerprint density at radius 3 is 2.41 bits per heavy atom. The molecule has 2 aromatic rings. The fourth-order valence-corrected chi connectivity index (χ4v) is 2.18. The molecule has 0 aromatic heterocycles. The van der Waals surface area contributed by atoms with Gasteiger partial charge in [-0.3, -0.25) is 4.79 Å². The van der Waals surface area contributed by atoms with Gasteiger partial charge < -0.3 is 19.5 Å². The van der Waals surface area contributed by atoms with Crippen molar-refractivity contribution < 1.29 is 37.0 Å². The molecule has 0 bridgehead atoms. The minimum Gasteiger partial charge on any atom is -0.493 e. The molecule has 0 atom stereocenters. The fraction of sp³-hybridized carbons (Fsp3) is 0.200. The first-order valence-electron chi connectivity index (χ1n) is 8.49. The van der Waals surface area contributed by atoms with E-state index in [0.717, 1.165) is 18.2 Å². The van der Waals surface area contributed by atoms with Crippen molar-refractivity contribution in [2.75, 3.05) is 18.5 Å². The van der Waals surface area contributed by atoms with Gasteiger partial charge in [-0.05, 0) is 43.3 Å². The van der Waals surface area contributed by atoms with E-state index >= 15 is 0 Å². The molecule has 0 radical (unpaired) electrons. The van der Waals surface area contributed by atoms with Crippen LogP contribution in [0.5, 0.6) is 11.5 Å². The molecule has 0 saturated heterocycles. The fourth-order valence-electron chi connectivity index (χ4n) is 2.18. The van der Waals surface area contributed by atoms with Gasteiger partial charge in [0.2, 0.25) is 0 Å². The van der Waals surface area contributed by atoms with Crippen LogP contribution < -0.4 is 14.8 Å². The molecule has 0 aliphatic heterocycles. The molecule has 0 unspecified atom stereocenters. The maximum absolute atomic E-state index is 12.1. The van der Waals surface area contributed by atoms with Gasteiger partial charge in [-0.2, -0.15) is 0 Å². The molecule has 0 fully saturated rings. The molecule has 9 heteroatoms. The molecular weight excluding hydrogens is 391 g/mol. The lowest BCUT2D eigenvalue weighted by molar-refractivity contribution is -0.274. The zero-order valence-corrected chi connectivity index (χ0v) is 15.4. The van der Waals surface area contributed by atoms with E-state index in [0.29, 0.717) is 17.9 Å². The van der Waals surface area contributed by atoms with Gasteiger partial charge in [0, 0.05) is 17.3 Å². The number of ether oxygens (including phenoxy) is 3. The molecule has 0 aliphatic carbocycles. The van der Waals surface area contributed by atoms with Crippen LogP contribution in [-0.4, -0.2) is 31.5 Å². The Morgan fingerprint density at radius 1 is 1.07 bits per heavy atom. The standard InChI is InChI=1S/C20H18F3NO5/c1-2-27-17-6-4-3-5-14(17)7-12-19(26)28-13-18(25)24-15-8-10-16(11-9-15)29-20(21,22)23/h3-12H,2,13H2,1H3,(H,24,25). The second kappa shape index (κ2) is 10.2. The van der Waals surface area contributed by atoms with E-state index < -0.39 is 30.6 Å². The smallest absolute Gasteiger partial charge is 0.493 e. The quantitative estimate of drug-likeness (QED) is 0.523. The molecule has 1 N–H and O–H groups in total. The zero-order valence-electron chi connectivity index (χ0n) is 15.4. The SMILES string of the molecule is CCOc1ccccc1C=CC(=O)OCC(=O)Nc1ccc(OC(F)(F)F)cc1. The van der Waals surface area contributed by atoms with Crippen molar-refractivity contribution in [3.8, 4) is 11.5 Å². The summed E-state index contributed by atoms with van der Waals surface area (Å²) in [7, 11) is 0. The summed E-state index contributed by atoms with van der Waals surface area (Å²) in [5.74, 6) is -1.19. The Labute approximate surface area is 164 Å². The van der Waals surface area contributed by atoms with Gasteiger partial charge in [-0.1, -0.05) is 18.2 Å². The van der Waals surface area contributed by atoms with E-state index in [1.54, 1.807) is 24.3 Å². The number of para-hydroxylation sites is 1. The van der Waals surface area contributed by atoms with E-state index in [9.17, 15) is 22.8 Å². The van der Waals surface area contributed by atoms with Crippen molar-refractivity contribution in [1.82, 2.24) is 0 Å². The topological polar surface area (TPSA) is 73.9 Å². The lowest BCUT2D eigenvalue weighted by Gasteiger charge is -2.10. The van der Waals surface area contributed by atoms with Crippen molar-refractivity contribution in [3.05, 3.63) is 60.2 Å². The van der Waals surface area contributed by atoms with Crippen LogP contribution in [0, 0.1) is 0 Å². The van der Waals surface area contributed by atoms with E-state index in [-0.39, 0.29) is 5.69 Å². The number of benzene rings is 2. The predicted octanol–water partition coefficient (Wildman–Crippen LogP) is 4.18. The van der Waals surface area contributed by atoms with E-state index in [1.807, 2.05) is 6.92 Å². The number of hydrogen-bond donors (Lipinski definition) is 1. The maximum atomic E-state index is 12.1. The lowest BCUT2D eigenvalue weighted by atomic mass is 10.2. The summed E-state index contributed by atoms with van der Waals surface area (Å²) in [6.45, 7) is 1.75. The van der Waals surface area contributed by atoms with Gasteiger partial charge in [-0.25, -0.2) is 4.79 Å². The third kappa shape index (κ3) is 7.96. The van der Waals surface area contributed by atoms with E-state index in [4.69, 9.17) is 9.47 Å². The van der Waals surface area contributed by atoms with Crippen LogP contribution in [0.2, 0.25) is 0 Å². The molecule has 29 heavy (non-hydrogen) atoms. The monoisotopic (exact) mass is 409 g/mol. The largest absolute Gasteiger partial charge is 0.573 e. The summed E-state index contributed by atoms with van der Waals surface area (Å²) in [5.41, 5.74) is 0.902. The highest BCUT2D eigenvalue weighted by Gasteiger charge is 2.30. The molecule has 0 heterocycles. The van der Waals surface area contributed by atoms with E-state index in [1.165, 1.54) is 18.2 Å². The first kappa shape index (κ1) is 21.8. The minimum atomic E-state index is -4.80. The summed E-state index contributed by atoms with van der Waals surface area (Å²) < 4.78 is 50.3. The summed E-state index contributed by atoms with van der Waals surface area (Å²) in [4.78, 5) is 23.6. The van der Waals surface area contributed by atoms with Crippen LogP contribution in [0.25, 0.3) is 6.08 Å². The number of amides is 1. The van der Waals surface area contributed by atoms with Gasteiger partial charge in [0.25, 0.3) is 5.91 Å². The molecule has 0 aliphatic rings. The third-order valence-electron chi connectivity index (χ3n) is 3.34. The van der Waals surface area contributed by atoms with Crippen molar-refractivity contribution in [3.63, 3.8) is 0 Å². The van der Waals surface area contributed by atoms with Gasteiger partial charge in [0.05, 0.1) is 6.61 Å². The van der Waals surface area contributed by atoms with Gasteiger partial charge in [0.1, 0.15) is 11.5 Å². The number of carbonyl (C=O) groups is 2. The molecular formula is C20H18F3NO5. The van der Waals surface area contributed by atoms with Crippen LogP contribution in [-0.2, 0) is 14.3 Å². The number of anilines is 1. The number of alkyl halides is 3.